The molecule has 420 valence electrons. The molecule has 74 heavy (non-hydrogen) atoms. The smallest absolute Gasteiger partial charge is 0.306 e. The minimum absolute atomic E-state index is 0.0903. The molecule has 0 aliphatic carbocycles. The van der Waals surface area contributed by atoms with Crippen LogP contribution in [0.5, 0.6) is 0 Å². The molecule has 6 heteroatoms. The Labute approximate surface area is 456 Å². The van der Waals surface area contributed by atoms with E-state index >= 15 is 0 Å². The highest BCUT2D eigenvalue weighted by molar-refractivity contribution is 5.71. The van der Waals surface area contributed by atoms with Gasteiger partial charge in [0.2, 0.25) is 0 Å². The molecule has 0 saturated carbocycles. The van der Waals surface area contributed by atoms with Gasteiger partial charge in [-0.25, -0.2) is 0 Å². The lowest BCUT2D eigenvalue weighted by molar-refractivity contribution is -0.167. The lowest BCUT2D eigenvalue weighted by Gasteiger charge is -2.18. The summed E-state index contributed by atoms with van der Waals surface area (Å²) in [5, 5.41) is 0. The zero-order valence-electron chi connectivity index (χ0n) is 48.1. The molecule has 0 rings (SSSR count). The van der Waals surface area contributed by atoms with Crippen LogP contribution in [-0.4, -0.2) is 37.2 Å². The molecule has 1 atom stereocenters. The van der Waals surface area contributed by atoms with Crippen LogP contribution in [0.3, 0.4) is 0 Å². The number of hydrogen-bond donors (Lipinski definition) is 0. The molecule has 1 unspecified atom stereocenters. The van der Waals surface area contributed by atoms with Crippen molar-refractivity contribution >= 4 is 17.9 Å². The molecule has 0 spiro atoms. The second kappa shape index (κ2) is 61.4. The lowest BCUT2D eigenvalue weighted by atomic mass is 10.0. The molecule has 0 aliphatic heterocycles. The summed E-state index contributed by atoms with van der Waals surface area (Å²) in [5.74, 6) is -0.922. The average Bonchev–Trinajstić information content (AvgIpc) is 3.40. The first-order valence-corrected chi connectivity index (χ1v) is 30.5. The first-order valence-electron chi connectivity index (χ1n) is 30.5. The first kappa shape index (κ1) is 69.8. The monoisotopic (exact) mass is 1020 g/mol. The molecule has 0 aromatic heterocycles. The third kappa shape index (κ3) is 58.7. The molecule has 0 bridgehead atoms. The summed E-state index contributed by atoms with van der Waals surface area (Å²) >= 11 is 0. The van der Waals surface area contributed by atoms with Gasteiger partial charge in [-0.15, -0.1) is 0 Å². The van der Waals surface area contributed by atoms with Gasteiger partial charge in [0.1, 0.15) is 13.2 Å². The molecule has 0 heterocycles. The molecule has 0 aromatic rings. The molecule has 0 saturated heterocycles. The Kier molecular flexibility index (Phi) is 57.9. The Bertz CT molecular complexity index is 1550. The van der Waals surface area contributed by atoms with Crippen molar-refractivity contribution in [3.05, 3.63) is 122 Å². The molecular weight excluding hydrogens is 913 g/mol. The van der Waals surface area contributed by atoms with E-state index in [2.05, 4.69) is 142 Å². The van der Waals surface area contributed by atoms with E-state index in [1.54, 1.807) is 0 Å². The van der Waals surface area contributed by atoms with E-state index in [0.717, 1.165) is 141 Å². The van der Waals surface area contributed by atoms with Crippen molar-refractivity contribution in [3.63, 3.8) is 0 Å². The second-order valence-corrected chi connectivity index (χ2v) is 19.9. The van der Waals surface area contributed by atoms with Crippen LogP contribution in [0, 0.1) is 0 Å². The number of rotatable bonds is 54. The fraction of sp³-hybridized carbons (Fsp3) is 0.662. The Balaban J connectivity index is 4.42. The maximum atomic E-state index is 12.9. The summed E-state index contributed by atoms with van der Waals surface area (Å²) in [5.41, 5.74) is 0. The van der Waals surface area contributed by atoms with E-state index in [0.29, 0.717) is 19.3 Å². The van der Waals surface area contributed by atoms with Crippen molar-refractivity contribution in [2.75, 3.05) is 13.2 Å². The maximum absolute atomic E-state index is 12.9. The zero-order chi connectivity index (χ0) is 53.6. The van der Waals surface area contributed by atoms with Gasteiger partial charge in [0.15, 0.2) is 6.10 Å². The Morgan fingerprint density at radius 3 is 0.824 bits per heavy atom. The van der Waals surface area contributed by atoms with Crippen molar-refractivity contribution < 1.29 is 28.6 Å². The Morgan fingerprint density at radius 1 is 0.284 bits per heavy atom. The fourth-order valence-corrected chi connectivity index (χ4v) is 8.20. The predicted molar refractivity (Wildman–Crippen MR) is 320 cm³/mol. The number of carbonyl (C=O) groups excluding carboxylic acids is 3. The van der Waals surface area contributed by atoms with Gasteiger partial charge < -0.3 is 14.2 Å². The number of unbranched alkanes of at least 4 members (excludes halogenated alkanes) is 23. The largest absolute Gasteiger partial charge is 0.462 e. The topological polar surface area (TPSA) is 78.9 Å². The molecule has 0 N–H and O–H groups in total. The van der Waals surface area contributed by atoms with Crippen LogP contribution in [0.2, 0.25) is 0 Å². The van der Waals surface area contributed by atoms with Crippen LogP contribution in [0.1, 0.15) is 271 Å². The third-order valence-corrected chi connectivity index (χ3v) is 12.7. The van der Waals surface area contributed by atoms with Crippen molar-refractivity contribution in [3.8, 4) is 0 Å². The lowest BCUT2D eigenvalue weighted by Crippen LogP contribution is -2.30. The molecule has 0 radical (unpaired) electrons. The normalized spacial score (nSPS) is 13.0. The van der Waals surface area contributed by atoms with Crippen molar-refractivity contribution in [1.29, 1.82) is 0 Å². The minimum Gasteiger partial charge on any atom is -0.462 e. The van der Waals surface area contributed by atoms with Gasteiger partial charge >= 0.3 is 17.9 Å². The van der Waals surface area contributed by atoms with E-state index in [1.807, 2.05) is 0 Å². The van der Waals surface area contributed by atoms with Gasteiger partial charge in [-0.2, -0.15) is 0 Å². The van der Waals surface area contributed by atoms with Crippen LogP contribution in [-0.2, 0) is 28.6 Å². The van der Waals surface area contributed by atoms with Crippen LogP contribution >= 0.6 is 0 Å². The van der Waals surface area contributed by atoms with E-state index in [-0.39, 0.29) is 31.1 Å². The van der Waals surface area contributed by atoms with Crippen LogP contribution in [0.4, 0.5) is 0 Å². The third-order valence-electron chi connectivity index (χ3n) is 12.7. The summed E-state index contributed by atoms with van der Waals surface area (Å²) < 4.78 is 16.9. The number of ether oxygens (including phenoxy) is 3. The summed E-state index contributed by atoms with van der Waals surface area (Å²) in [6.45, 7) is 6.39. The zero-order valence-corrected chi connectivity index (χ0v) is 48.1. The maximum Gasteiger partial charge on any atom is 0.306 e. The highest BCUT2D eigenvalue weighted by atomic mass is 16.6. The van der Waals surface area contributed by atoms with Gasteiger partial charge in [-0.3, -0.25) is 14.4 Å². The summed E-state index contributed by atoms with van der Waals surface area (Å²) in [6, 6.07) is 0. The highest BCUT2D eigenvalue weighted by Gasteiger charge is 2.19. The van der Waals surface area contributed by atoms with Crippen LogP contribution < -0.4 is 0 Å². The molecule has 0 aliphatic rings. The Morgan fingerprint density at radius 2 is 0.527 bits per heavy atom. The summed E-state index contributed by atoms with van der Waals surface area (Å²) in [4.78, 5) is 38.2. The van der Waals surface area contributed by atoms with E-state index < -0.39 is 6.10 Å². The molecule has 6 nitrogen and oxygen atoms in total. The number of allylic oxidation sites excluding steroid dienone is 20. The second-order valence-electron chi connectivity index (χ2n) is 19.9. The molecular formula is C68H112O6. The van der Waals surface area contributed by atoms with Gasteiger partial charge in [-0.1, -0.05) is 264 Å². The van der Waals surface area contributed by atoms with Crippen molar-refractivity contribution in [1.82, 2.24) is 0 Å². The van der Waals surface area contributed by atoms with Gasteiger partial charge in [-0.05, 0) is 109 Å². The number of esters is 3. The minimum atomic E-state index is -0.796. The Hall–Kier alpha value is -4.19. The van der Waals surface area contributed by atoms with Crippen LogP contribution in [0.25, 0.3) is 0 Å². The molecule has 0 amide bonds. The standard InChI is InChI=1S/C68H112O6/c1-4-7-10-13-16-19-22-25-27-29-31-33-34-36-37-39-41-43-46-49-52-55-58-61-67(70)73-64-65(63-72-66(69)60-57-54-51-48-45-24-21-18-15-12-9-6-3)74-68(71)62-59-56-53-50-47-44-42-40-38-35-32-30-28-26-23-20-17-14-11-8-5-2/h7-8,10-11,16-17,19-20,25-28,31-33,35-37,41,43,65H,4-6,9,12-15,18,21-24,29-30,34,38-40,42,44-64H2,1-3H3/b10-7-,11-8-,19-16-,20-17-,27-25-,28-26-,33-31-,35-32-,37-36-,43-41-. The van der Waals surface area contributed by atoms with Gasteiger partial charge in [0, 0.05) is 19.3 Å². The van der Waals surface area contributed by atoms with E-state index in [4.69, 9.17) is 14.2 Å². The summed E-state index contributed by atoms with van der Waals surface area (Å²) in [6.07, 6.45) is 84.7. The number of carbonyl (C=O) groups is 3. The van der Waals surface area contributed by atoms with Crippen molar-refractivity contribution in [2.24, 2.45) is 0 Å². The fourth-order valence-electron chi connectivity index (χ4n) is 8.20. The molecule has 0 aromatic carbocycles. The van der Waals surface area contributed by atoms with Crippen LogP contribution in [0.15, 0.2) is 122 Å². The van der Waals surface area contributed by atoms with Gasteiger partial charge in [0.25, 0.3) is 0 Å². The van der Waals surface area contributed by atoms with Crippen molar-refractivity contribution in [2.45, 2.75) is 277 Å². The quantitative estimate of drug-likeness (QED) is 0.0261. The van der Waals surface area contributed by atoms with E-state index in [9.17, 15) is 14.4 Å². The number of hydrogen-bond acceptors (Lipinski definition) is 6. The summed E-state index contributed by atoms with van der Waals surface area (Å²) in [7, 11) is 0. The highest BCUT2D eigenvalue weighted by Crippen LogP contribution is 2.15. The predicted octanol–water partition coefficient (Wildman–Crippen LogP) is 20.8. The van der Waals surface area contributed by atoms with E-state index in [1.165, 1.54) is 89.9 Å². The first-order chi connectivity index (χ1) is 36.5. The molecule has 0 fully saturated rings. The van der Waals surface area contributed by atoms with Gasteiger partial charge in [0.05, 0.1) is 0 Å². The average molecular weight is 1030 g/mol. The SMILES string of the molecule is CC/C=C\C/C=C\C/C=C\C/C=C\C/C=C\C/C=C\CCCCCCC(=O)OCC(COC(=O)CCCCCCCCCCCCCC)OC(=O)CCCCCCCCCC/C=C\C/C=C\C/C=C\C/C=C\CC.